The first-order valence-electron chi connectivity index (χ1n) is 7.93. The molecule has 0 aliphatic heterocycles. The Morgan fingerprint density at radius 1 is 0.950 bits per heavy atom. The van der Waals surface area contributed by atoms with E-state index in [1.165, 1.54) is 5.56 Å². The van der Waals surface area contributed by atoms with Crippen molar-refractivity contribution in [3.63, 3.8) is 0 Å². The molecule has 2 nitrogen and oxygen atoms in total. The summed E-state index contributed by atoms with van der Waals surface area (Å²) in [5, 5.41) is 3.58. The fourth-order valence-corrected chi connectivity index (χ4v) is 2.20. The Bertz CT molecular complexity index is 335. The summed E-state index contributed by atoms with van der Waals surface area (Å²) in [4.78, 5) is 0. The molecule has 1 N–H and O–H groups in total. The molecule has 0 saturated carbocycles. The van der Waals surface area contributed by atoms with Crippen molar-refractivity contribution in [1.29, 1.82) is 0 Å². The summed E-state index contributed by atoms with van der Waals surface area (Å²) < 4.78 is 5.75. The van der Waals surface area contributed by atoms with E-state index in [1.54, 1.807) is 0 Å². The zero-order valence-electron chi connectivity index (χ0n) is 13.6. The molecule has 1 rings (SSSR count). The van der Waals surface area contributed by atoms with Crippen LogP contribution in [0.15, 0.2) is 30.3 Å². The lowest BCUT2D eigenvalue weighted by atomic mass is 9.96. The lowest BCUT2D eigenvalue weighted by Crippen LogP contribution is -2.26. The molecule has 114 valence electrons. The molecule has 0 aliphatic rings. The Morgan fingerprint density at radius 3 is 2.25 bits per heavy atom. The minimum absolute atomic E-state index is 0.544. The predicted octanol–water partition coefficient (Wildman–Crippen LogP) is 4.08. The zero-order valence-corrected chi connectivity index (χ0v) is 13.6. The minimum Gasteiger partial charge on any atom is -0.381 e. The smallest absolute Gasteiger partial charge is 0.0488 e. The van der Waals surface area contributed by atoms with Gasteiger partial charge in [0.2, 0.25) is 0 Å². The van der Waals surface area contributed by atoms with Crippen LogP contribution in [-0.2, 0) is 4.74 Å². The van der Waals surface area contributed by atoms with Gasteiger partial charge in [0.1, 0.15) is 0 Å². The molecule has 0 radical (unpaired) electrons. The van der Waals surface area contributed by atoms with Crippen molar-refractivity contribution >= 4 is 0 Å². The van der Waals surface area contributed by atoms with E-state index in [0.29, 0.717) is 17.8 Å². The largest absolute Gasteiger partial charge is 0.381 e. The van der Waals surface area contributed by atoms with Crippen LogP contribution in [0.25, 0.3) is 0 Å². The van der Waals surface area contributed by atoms with Gasteiger partial charge in [-0.05, 0) is 36.3 Å². The molecule has 0 saturated heterocycles. The molecule has 0 aromatic heterocycles. The first kappa shape index (κ1) is 17.2. The van der Waals surface area contributed by atoms with Crippen LogP contribution in [0.5, 0.6) is 0 Å². The van der Waals surface area contributed by atoms with Crippen LogP contribution in [0.3, 0.4) is 0 Å². The Morgan fingerprint density at radius 2 is 1.65 bits per heavy atom. The number of hydrogen-bond acceptors (Lipinski definition) is 2. The average molecular weight is 277 g/mol. The van der Waals surface area contributed by atoms with Gasteiger partial charge in [0.05, 0.1) is 0 Å². The van der Waals surface area contributed by atoms with Crippen molar-refractivity contribution in [2.45, 2.75) is 40.0 Å². The van der Waals surface area contributed by atoms with Gasteiger partial charge in [-0.25, -0.2) is 0 Å². The van der Waals surface area contributed by atoms with Gasteiger partial charge >= 0.3 is 0 Å². The van der Waals surface area contributed by atoms with Gasteiger partial charge in [-0.2, -0.15) is 0 Å². The van der Waals surface area contributed by atoms with Gasteiger partial charge in [-0.3, -0.25) is 0 Å². The maximum absolute atomic E-state index is 5.75. The number of rotatable bonds is 10. The third-order valence-electron chi connectivity index (χ3n) is 3.28. The summed E-state index contributed by atoms with van der Waals surface area (Å²) in [5.41, 5.74) is 1.41. The lowest BCUT2D eigenvalue weighted by Gasteiger charge is -2.19. The van der Waals surface area contributed by atoms with E-state index >= 15 is 0 Å². The molecule has 0 spiro atoms. The lowest BCUT2D eigenvalue weighted by molar-refractivity contribution is 0.103. The topological polar surface area (TPSA) is 21.3 Å². The van der Waals surface area contributed by atoms with E-state index in [4.69, 9.17) is 4.74 Å². The van der Waals surface area contributed by atoms with E-state index in [2.05, 4.69) is 63.3 Å². The highest BCUT2D eigenvalue weighted by molar-refractivity contribution is 5.19. The SMILES string of the molecule is CC(C)CNCC(CCOCC(C)C)c1ccccc1. The Labute approximate surface area is 124 Å². The summed E-state index contributed by atoms with van der Waals surface area (Å²) in [6.45, 7) is 12.7. The monoisotopic (exact) mass is 277 g/mol. The van der Waals surface area contributed by atoms with E-state index in [9.17, 15) is 0 Å². The maximum Gasteiger partial charge on any atom is 0.0488 e. The van der Waals surface area contributed by atoms with Crippen molar-refractivity contribution in [3.8, 4) is 0 Å². The van der Waals surface area contributed by atoms with Crippen LogP contribution in [-0.4, -0.2) is 26.3 Å². The number of benzene rings is 1. The molecule has 20 heavy (non-hydrogen) atoms. The first-order valence-corrected chi connectivity index (χ1v) is 7.93. The second kappa shape index (κ2) is 9.95. The summed E-state index contributed by atoms with van der Waals surface area (Å²) >= 11 is 0. The van der Waals surface area contributed by atoms with Crippen molar-refractivity contribution in [3.05, 3.63) is 35.9 Å². The van der Waals surface area contributed by atoms with Crippen LogP contribution in [0.1, 0.15) is 45.6 Å². The third kappa shape index (κ3) is 7.66. The molecule has 0 bridgehead atoms. The van der Waals surface area contributed by atoms with E-state index in [1.807, 2.05) is 0 Å². The highest BCUT2D eigenvalue weighted by atomic mass is 16.5. The normalized spacial score (nSPS) is 13.1. The molecule has 1 aromatic carbocycles. The van der Waals surface area contributed by atoms with Gasteiger partial charge < -0.3 is 10.1 Å². The number of ether oxygens (including phenoxy) is 1. The van der Waals surface area contributed by atoms with Crippen LogP contribution < -0.4 is 5.32 Å². The van der Waals surface area contributed by atoms with Crippen LogP contribution in [0.2, 0.25) is 0 Å². The minimum atomic E-state index is 0.544. The molecule has 0 heterocycles. The Hall–Kier alpha value is -0.860. The fourth-order valence-electron chi connectivity index (χ4n) is 2.20. The van der Waals surface area contributed by atoms with Gasteiger partial charge in [0, 0.05) is 19.8 Å². The quantitative estimate of drug-likeness (QED) is 0.651. The average Bonchev–Trinajstić information content (AvgIpc) is 2.42. The maximum atomic E-state index is 5.75. The molecule has 0 aliphatic carbocycles. The Kier molecular flexibility index (Phi) is 8.56. The molecule has 2 heteroatoms. The third-order valence-corrected chi connectivity index (χ3v) is 3.28. The molecule has 1 unspecified atom stereocenters. The summed E-state index contributed by atoms with van der Waals surface area (Å²) in [6.07, 6.45) is 1.09. The highest BCUT2D eigenvalue weighted by Gasteiger charge is 2.11. The summed E-state index contributed by atoms with van der Waals surface area (Å²) in [6, 6.07) is 10.8. The van der Waals surface area contributed by atoms with Gasteiger partial charge in [0.15, 0.2) is 0 Å². The van der Waals surface area contributed by atoms with Gasteiger partial charge in [0.25, 0.3) is 0 Å². The Balaban J connectivity index is 2.43. The van der Waals surface area contributed by atoms with Crippen molar-refractivity contribution < 1.29 is 4.74 Å². The number of hydrogen-bond donors (Lipinski definition) is 1. The second-order valence-electron chi connectivity index (χ2n) is 6.42. The standard InChI is InChI=1S/C18H31NO/c1-15(2)12-19-13-18(10-11-20-14-16(3)4)17-8-6-5-7-9-17/h5-9,15-16,18-19H,10-14H2,1-4H3. The van der Waals surface area contributed by atoms with Crippen molar-refractivity contribution in [2.75, 3.05) is 26.3 Å². The van der Waals surface area contributed by atoms with E-state index in [0.717, 1.165) is 32.7 Å². The van der Waals surface area contributed by atoms with Crippen LogP contribution >= 0.6 is 0 Å². The molecule has 0 fully saturated rings. The zero-order chi connectivity index (χ0) is 14.8. The molecular weight excluding hydrogens is 246 g/mol. The molecule has 1 atom stereocenters. The number of nitrogens with one attached hydrogen (secondary N) is 1. The second-order valence-corrected chi connectivity index (χ2v) is 6.42. The van der Waals surface area contributed by atoms with Crippen molar-refractivity contribution in [1.82, 2.24) is 5.32 Å². The molecule has 1 aromatic rings. The fraction of sp³-hybridized carbons (Fsp3) is 0.667. The predicted molar refractivity (Wildman–Crippen MR) is 87.2 cm³/mol. The van der Waals surface area contributed by atoms with E-state index in [-0.39, 0.29) is 0 Å². The summed E-state index contributed by atoms with van der Waals surface area (Å²) in [7, 11) is 0. The molecule has 0 amide bonds. The first-order chi connectivity index (χ1) is 9.59. The highest BCUT2D eigenvalue weighted by Crippen LogP contribution is 2.19. The van der Waals surface area contributed by atoms with Crippen LogP contribution in [0.4, 0.5) is 0 Å². The van der Waals surface area contributed by atoms with Gasteiger partial charge in [-0.1, -0.05) is 58.0 Å². The molecular formula is C18H31NO. The summed E-state index contributed by atoms with van der Waals surface area (Å²) in [5.74, 6) is 1.86. The van der Waals surface area contributed by atoms with Crippen molar-refractivity contribution in [2.24, 2.45) is 11.8 Å². The van der Waals surface area contributed by atoms with E-state index < -0.39 is 0 Å². The van der Waals surface area contributed by atoms with Gasteiger partial charge in [-0.15, -0.1) is 0 Å². The van der Waals surface area contributed by atoms with Crippen LogP contribution in [0, 0.1) is 11.8 Å².